The highest BCUT2D eigenvalue weighted by molar-refractivity contribution is 5.71. The second kappa shape index (κ2) is 3.02. The number of amides is 2. The number of nitrogens with two attached hydrogens (primary N) is 1. The zero-order valence-electron chi connectivity index (χ0n) is 5.29. The Morgan fingerprint density at radius 2 is 2.70 bits per heavy atom. The van der Waals surface area contributed by atoms with Crippen LogP contribution in [0.2, 0.25) is 0 Å². The predicted molar refractivity (Wildman–Crippen MR) is 35.9 cm³/mol. The van der Waals surface area contributed by atoms with Gasteiger partial charge in [-0.25, -0.2) is 10.2 Å². The fourth-order valence-electron chi connectivity index (χ4n) is 0.603. The fourth-order valence-corrected chi connectivity index (χ4v) is 0.603. The summed E-state index contributed by atoms with van der Waals surface area (Å²) in [6.07, 6.45) is 2.41. The molecule has 0 aromatic rings. The van der Waals surface area contributed by atoms with Crippen molar-refractivity contribution in [3.63, 3.8) is 0 Å². The lowest BCUT2D eigenvalue weighted by atomic mass is 10.4. The first kappa shape index (κ1) is 6.81. The van der Waals surface area contributed by atoms with Crippen LogP contribution in [0.3, 0.4) is 0 Å². The maximum absolute atomic E-state index is 10.1. The highest BCUT2D eigenvalue weighted by atomic mass is 16.2. The topological polar surface area (TPSA) is 91.5 Å². The van der Waals surface area contributed by atoms with Gasteiger partial charge in [-0.3, -0.25) is 10.9 Å². The van der Waals surface area contributed by atoms with Crippen molar-refractivity contribution in [3.8, 4) is 0 Å². The molecule has 1 aliphatic rings. The van der Waals surface area contributed by atoms with Gasteiger partial charge < -0.3 is 5.73 Å². The van der Waals surface area contributed by atoms with E-state index in [0.717, 1.165) is 6.42 Å². The highest BCUT2D eigenvalue weighted by Gasteiger charge is 2.08. The molecule has 2 amide bonds. The zero-order chi connectivity index (χ0) is 7.40. The predicted octanol–water partition coefficient (Wildman–Crippen LogP) is -1.54. The van der Waals surface area contributed by atoms with E-state index in [4.69, 9.17) is 5.73 Å². The number of urea groups is 1. The summed E-state index contributed by atoms with van der Waals surface area (Å²) in [4.78, 5) is 10.1. The standard InChI is InChI=1S/C4H9N5O/c5-4(10)9-8-3-1-2-6-7-3/h2-3,7-8H,1H2,(H3,5,9,10). The van der Waals surface area contributed by atoms with Crippen LogP contribution in [0.15, 0.2) is 5.10 Å². The van der Waals surface area contributed by atoms with Crippen molar-refractivity contribution in [2.75, 3.05) is 0 Å². The monoisotopic (exact) mass is 143 g/mol. The van der Waals surface area contributed by atoms with E-state index in [1.807, 2.05) is 0 Å². The normalized spacial score (nSPS) is 22.2. The molecule has 6 heteroatoms. The third kappa shape index (κ3) is 1.90. The number of rotatable bonds is 2. The van der Waals surface area contributed by atoms with E-state index in [9.17, 15) is 4.79 Å². The molecule has 0 radical (unpaired) electrons. The Hall–Kier alpha value is -1.30. The summed E-state index contributed by atoms with van der Waals surface area (Å²) in [6, 6.07) is -0.603. The number of carbonyl (C=O) groups is 1. The number of primary amides is 1. The Labute approximate surface area is 57.8 Å². The summed E-state index contributed by atoms with van der Waals surface area (Å²) in [7, 11) is 0. The number of hydrogen-bond acceptors (Lipinski definition) is 4. The quantitative estimate of drug-likeness (QED) is 0.353. The molecule has 5 N–H and O–H groups in total. The first-order valence-electron chi connectivity index (χ1n) is 2.87. The molecule has 0 aromatic heterocycles. The molecule has 0 saturated heterocycles. The Balaban J connectivity index is 2.09. The molecule has 0 fully saturated rings. The minimum absolute atomic E-state index is 0.0347. The van der Waals surface area contributed by atoms with Crippen LogP contribution in [0.25, 0.3) is 0 Å². The number of hydrogen-bond donors (Lipinski definition) is 4. The van der Waals surface area contributed by atoms with Crippen LogP contribution in [0.4, 0.5) is 4.79 Å². The second-order valence-electron chi connectivity index (χ2n) is 1.86. The number of hydrazine groups is 1. The molecule has 56 valence electrons. The van der Waals surface area contributed by atoms with Crippen molar-refractivity contribution < 1.29 is 4.79 Å². The molecule has 0 spiro atoms. The van der Waals surface area contributed by atoms with Gasteiger partial charge in [0.1, 0.15) is 6.17 Å². The third-order valence-corrected chi connectivity index (χ3v) is 1.03. The van der Waals surface area contributed by atoms with Gasteiger partial charge >= 0.3 is 6.03 Å². The molecule has 0 aliphatic carbocycles. The molecule has 1 heterocycles. The lowest BCUT2D eigenvalue weighted by Crippen LogP contribution is -2.50. The van der Waals surface area contributed by atoms with Gasteiger partial charge in [0.05, 0.1) is 0 Å². The SMILES string of the molecule is NC(=O)NNC1CC=NN1. The molecular formula is C4H9N5O. The van der Waals surface area contributed by atoms with E-state index in [0.29, 0.717) is 0 Å². The molecule has 1 aliphatic heterocycles. The molecule has 1 unspecified atom stereocenters. The van der Waals surface area contributed by atoms with Crippen LogP contribution in [-0.2, 0) is 0 Å². The van der Waals surface area contributed by atoms with Crippen LogP contribution in [0.1, 0.15) is 6.42 Å². The van der Waals surface area contributed by atoms with Gasteiger partial charge in [-0.15, -0.1) is 0 Å². The zero-order valence-corrected chi connectivity index (χ0v) is 5.29. The van der Waals surface area contributed by atoms with Gasteiger partial charge in [0.2, 0.25) is 0 Å². The molecule has 1 atom stereocenters. The van der Waals surface area contributed by atoms with Gasteiger partial charge in [0, 0.05) is 12.6 Å². The van der Waals surface area contributed by atoms with Crippen molar-refractivity contribution >= 4 is 12.2 Å². The number of nitrogens with one attached hydrogen (secondary N) is 3. The van der Waals surface area contributed by atoms with Gasteiger partial charge in [-0.1, -0.05) is 0 Å². The minimum Gasteiger partial charge on any atom is -0.351 e. The first-order valence-corrected chi connectivity index (χ1v) is 2.87. The highest BCUT2D eigenvalue weighted by Crippen LogP contribution is 1.88. The average Bonchev–Trinajstić information content (AvgIpc) is 2.34. The molecular weight excluding hydrogens is 134 g/mol. The van der Waals surface area contributed by atoms with Crippen molar-refractivity contribution in [1.29, 1.82) is 0 Å². The van der Waals surface area contributed by atoms with E-state index >= 15 is 0 Å². The second-order valence-corrected chi connectivity index (χ2v) is 1.86. The number of hydrazone groups is 1. The summed E-state index contributed by atoms with van der Waals surface area (Å²) >= 11 is 0. The van der Waals surface area contributed by atoms with Crippen molar-refractivity contribution in [2.45, 2.75) is 12.6 Å². The fraction of sp³-hybridized carbons (Fsp3) is 0.500. The van der Waals surface area contributed by atoms with Crippen LogP contribution in [0, 0.1) is 0 Å². The van der Waals surface area contributed by atoms with E-state index in [-0.39, 0.29) is 6.17 Å². The van der Waals surface area contributed by atoms with Gasteiger partial charge in [0.15, 0.2) is 0 Å². The number of nitrogens with zero attached hydrogens (tertiary/aromatic N) is 1. The molecule has 10 heavy (non-hydrogen) atoms. The van der Waals surface area contributed by atoms with Crippen LogP contribution in [-0.4, -0.2) is 18.4 Å². The van der Waals surface area contributed by atoms with Crippen molar-refractivity contribution in [3.05, 3.63) is 0 Å². The van der Waals surface area contributed by atoms with Crippen molar-refractivity contribution in [2.24, 2.45) is 10.8 Å². The maximum Gasteiger partial charge on any atom is 0.326 e. The molecule has 0 aromatic carbocycles. The summed E-state index contributed by atoms with van der Waals surface area (Å²) in [6.45, 7) is 0. The van der Waals surface area contributed by atoms with Crippen LogP contribution < -0.4 is 22.0 Å². The smallest absolute Gasteiger partial charge is 0.326 e. The van der Waals surface area contributed by atoms with Crippen LogP contribution in [0.5, 0.6) is 0 Å². The number of carbonyl (C=O) groups excluding carboxylic acids is 1. The third-order valence-electron chi connectivity index (χ3n) is 1.03. The van der Waals surface area contributed by atoms with Crippen molar-refractivity contribution in [1.82, 2.24) is 16.3 Å². The molecule has 0 bridgehead atoms. The van der Waals surface area contributed by atoms with Gasteiger partial charge in [-0.2, -0.15) is 5.10 Å². The minimum atomic E-state index is -0.603. The lowest BCUT2D eigenvalue weighted by Gasteiger charge is -2.10. The van der Waals surface area contributed by atoms with Gasteiger partial charge in [0.25, 0.3) is 0 Å². The van der Waals surface area contributed by atoms with Gasteiger partial charge in [-0.05, 0) is 0 Å². The Morgan fingerprint density at radius 1 is 1.90 bits per heavy atom. The largest absolute Gasteiger partial charge is 0.351 e. The molecule has 1 rings (SSSR count). The summed E-state index contributed by atoms with van der Waals surface area (Å²) < 4.78 is 0. The summed E-state index contributed by atoms with van der Waals surface area (Å²) in [5.74, 6) is 0. The molecule has 6 nitrogen and oxygen atoms in total. The Morgan fingerprint density at radius 3 is 3.20 bits per heavy atom. The van der Waals surface area contributed by atoms with E-state index in [1.165, 1.54) is 0 Å². The lowest BCUT2D eigenvalue weighted by molar-refractivity contribution is 0.241. The molecule has 0 saturated carbocycles. The maximum atomic E-state index is 10.1. The average molecular weight is 143 g/mol. The summed E-state index contributed by atoms with van der Waals surface area (Å²) in [5.41, 5.74) is 12.3. The Kier molecular flexibility index (Phi) is 2.06. The first-order chi connectivity index (χ1) is 4.79. The van der Waals surface area contributed by atoms with E-state index < -0.39 is 6.03 Å². The van der Waals surface area contributed by atoms with Crippen LogP contribution >= 0.6 is 0 Å². The Bertz CT molecular complexity index is 148. The van der Waals surface area contributed by atoms with E-state index in [2.05, 4.69) is 21.4 Å². The van der Waals surface area contributed by atoms with E-state index in [1.54, 1.807) is 6.21 Å². The summed E-state index contributed by atoms with van der Waals surface area (Å²) in [5, 5.41) is 3.71.